The Labute approximate surface area is 140 Å². The van der Waals surface area contributed by atoms with Gasteiger partial charge in [-0.2, -0.15) is 0 Å². The fraction of sp³-hybridized carbons (Fsp3) is 0.158. The number of aliphatic hydroxyl groups excluding tert-OH is 1. The van der Waals surface area contributed by atoms with Gasteiger partial charge in [0.2, 0.25) is 0 Å². The Kier molecular flexibility index (Phi) is 4.44. The van der Waals surface area contributed by atoms with Crippen molar-refractivity contribution in [2.24, 2.45) is 0 Å². The largest absolute Gasteiger partial charge is 0.394 e. The zero-order valence-corrected chi connectivity index (χ0v) is 13.4. The number of anilines is 1. The van der Waals surface area contributed by atoms with E-state index in [1.807, 2.05) is 54.6 Å². The minimum Gasteiger partial charge on any atom is -0.394 e. The van der Waals surface area contributed by atoms with E-state index in [-0.39, 0.29) is 6.61 Å². The first-order chi connectivity index (χ1) is 11.6. The van der Waals surface area contributed by atoms with Crippen LogP contribution in [-0.4, -0.2) is 22.7 Å². The number of para-hydroxylation sites is 1. The number of hydrogen-bond donors (Lipinski definition) is 3. The fourth-order valence-corrected chi connectivity index (χ4v) is 2.62. The molecule has 3 aromatic rings. The van der Waals surface area contributed by atoms with E-state index in [1.165, 1.54) is 0 Å². The molecule has 0 aliphatic carbocycles. The van der Waals surface area contributed by atoms with Crippen molar-refractivity contribution in [3.8, 4) is 0 Å². The summed E-state index contributed by atoms with van der Waals surface area (Å²) in [6, 6.07) is 18.4. The van der Waals surface area contributed by atoms with Crippen LogP contribution >= 0.6 is 0 Å². The molecule has 2 aromatic carbocycles. The van der Waals surface area contributed by atoms with E-state index in [4.69, 9.17) is 0 Å². The first-order valence-corrected chi connectivity index (χ1v) is 7.72. The van der Waals surface area contributed by atoms with Crippen LogP contribution in [0.5, 0.6) is 0 Å². The summed E-state index contributed by atoms with van der Waals surface area (Å²) in [5.41, 5.74) is 1.31. The van der Waals surface area contributed by atoms with E-state index in [1.54, 1.807) is 19.2 Å². The van der Waals surface area contributed by atoms with Crippen LogP contribution in [0.15, 0.2) is 66.9 Å². The van der Waals surface area contributed by atoms with Crippen molar-refractivity contribution in [1.29, 1.82) is 0 Å². The molecular weight excluding hydrogens is 302 g/mol. The first kappa shape index (κ1) is 16.0. The Morgan fingerprint density at radius 2 is 1.83 bits per heavy atom. The van der Waals surface area contributed by atoms with Crippen molar-refractivity contribution in [3.05, 3.63) is 72.4 Å². The minimum atomic E-state index is -0.872. The van der Waals surface area contributed by atoms with Gasteiger partial charge in [0.15, 0.2) is 0 Å². The summed E-state index contributed by atoms with van der Waals surface area (Å²) in [5, 5.41) is 16.4. The molecule has 3 rings (SSSR count). The van der Waals surface area contributed by atoms with Crippen molar-refractivity contribution < 1.29 is 9.90 Å². The Morgan fingerprint density at radius 1 is 1.08 bits per heavy atom. The molecule has 2 amide bonds. The number of aliphatic hydroxyl groups is 1. The van der Waals surface area contributed by atoms with Gasteiger partial charge < -0.3 is 15.7 Å². The van der Waals surface area contributed by atoms with E-state index < -0.39 is 11.6 Å². The lowest BCUT2D eigenvalue weighted by Gasteiger charge is -2.29. The highest BCUT2D eigenvalue weighted by Crippen LogP contribution is 2.22. The van der Waals surface area contributed by atoms with E-state index in [0.29, 0.717) is 5.69 Å². The lowest BCUT2D eigenvalue weighted by atomic mass is 9.93. The molecule has 0 radical (unpaired) electrons. The zero-order valence-electron chi connectivity index (χ0n) is 13.4. The Bertz CT molecular complexity index is 846. The molecule has 1 atom stereocenters. The molecule has 5 nitrogen and oxygen atoms in total. The number of carbonyl (C=O) groups is 1. The Hall–Kier alpha value is -2.92. The van der Waals surface area contributed by atoms with Gasteiger partial charge in [0.1, 0.15) is 0 Å². The van der Waals surface area contributed by atoms with E-state index in [9.17, 15) is 9.90 Å². The van der Waals surface area contributed by atoms with Gasteiger partial charge in [-0.15, -0.1) is 0 Å². The average Bonchev–Trinajstić information content (AvgIpc) is 2.62. The number of rotatable bonds is 4. The van der Waals surface area contributed by atoms with Gasteiger partial charge in [0.25, 0.3) is 0 Å². The summed E-state index contributed by atoms with van der Waals surface area (Å²) < 4.78 is 0. The highest BCUT2D eigenvalue weighted by molar-refractivity contribution is 5.99. The second kappa shape index (κ2) is 6.68. The van der Waals surface area contributed by atoms with Gasteiger partial charge in [-0.25, -0.2) is 4.79 Å². The molecule has 0 aliphatic heterocycles. The number of aromatic nitrogens is 1. The smallest absolute Gasteiger partial charge is 0.320 e. The molecule has 24 heavy (non-hydrogen) atoms. The molecule has 0 spiro atoms. The quantitative estimate of drug-likeness (QED) is 0.690. The van der Waals surface area contributed by atoms with Crippen LogP contribution in [0, 0.1) is 0 Å². The second-order valence-corrected chi connectivity index (χ2v) is 5.82. The number of nitrogens with one attached hydrogen (secondary N) is 2. The number of hydrogen-bond acceptors (Lipinski definition) is 3. The molecule has 3 N–H and O–H groups in total. The second-order valence-electron chi connectivity index (χ2n) is 5.82. The Morgan fingerprint density at radius 3 is 2.58 bits per heavy atom. The van der Waals surface area contributed by atoms with E-state index >= 15 is 0 Å². The van der Waals surface area contributed by atoms with Gasteiger partial charge >= 0.3 is 6.03 Å². The molecule has 1 unspecified atom stereocenters. The van der Waals surface area contributed by atoms with Gasteiger partial charge in [-0.3, -0.25) is 4.98 Å². The van der Waals surface area contributed by atoms with E-state index in [0.717, 1.165) is 16.5 Å². The van der Waals surface area contributed by atoms with E-state index in [2.05, 4.69) is 15.6 Å². The minimum absolute atomic E-state index is 0.210. The Balaban J connectivity index is 1.82. The summed E-state index contributed by atoms with van der Waals surface area (Å²) in [4.78, 5) is 16.8. The topological polar surface area (TPSA) is 74.2 Å². The average molecular weight is 321 g/mol. The van der Waals surface area contributed by atoms with Crippen molar-refractivity contribution in [2.75, 3.05) is 11.9 Å². The first-order valence-electron chi connectivity index (χ1n) is 7.72. The third-order valence-corrected chi connectivity index (χ3v) is 4.00. The fourth-order valence-electron chi connectivity index (χ4n) is 2.62. The number of benzene rings is 2. The number of amides is 2. The number of fused-ring (bicyclic) bond motifs is 1. The molecule has 1 heterocycles. The molecular formula is C19H19N3O2. The van der Waals surface area contributed by atoms with Crippen molar-refractivity contribution >= 4 is 22.6 Å². The summed E-state index contributed by atoms with van der Waals surface area (Å²) in [6.45, 7) is 1.57. The van der Waals surface area contributed by atoms with Crippen LogP contribution in [0.25, 0.3) is 10.9 Å². The predicted octanol–water partition coefficient (Wildman–Crippen LogP) is 3.26. The van der Waals surface area contributed by atoms with Gasteiger partial charge in [0.05, 0.1) is 23.3 Å². The maximum Gasteiger partial charge on any atom is 0.320 e. The van der Waals surface area contributed by atoms with Crippen LogP contribution < -0.4 is 10.6 Å². The standard InChI is InChI=1S/C19H19N3O2/c1-19(13-23,15-9-3-2-4-10-15)22-18(24)21-16-11-5-7-14-8-6-12-20-17(14)16/h2-12,23H,13H2,1H3,(H2,21,22,24). The van der Waals surface area contributed by atoms with Gasteiger partial charge in [-0.05, 0) is 24.6 Å². The predicted molar refractivity (Wildman–Crippen MR) is 94.8 cm³/mol. The number of pyridine rings is 1. The monoisotopic (exact) mass is 321 g/mol. The zero-order chi connectivity index (χ0) is 17.0. The number of urea groups is 1. The van der Waals surface area contributed by atoms with Crippen molar-refractivity contribution in [3.63, 3.8) is 0 Å². The van der Waals surface area contributed by atoms with Crippen LogP contribution in [0.3, 0.4) is 0 Å². The molecule has 0 bridgehead atoms. The lowest BCUT2D eigenvalue weighted by molar-refractivity contribution is 0.176. The lowest BCUT2D eigenvalue weighted by Crippen LogP contribution is -2.48. The molecule has 0 aliphatic rings. The number of carbonyl (C=O) groups excluding carboxylic acids is 1. The van der Waals surface area contributed by atoms with Crippen molar-refractivity contribution in [2.45, 2.75) is 12.5 Å². The summed E-state index contributed by atoms with van der Waals surface area (Å²) in [6.07, 6.45) is 1.69. The maximum absolute atomic E-state index is 12.4. The normalized spacial score (nSPS) is 13.2. The van der Waals surface area contributed by atoms with Crippen molar-refractivity contribution in [1.82, 2.24) is 10.3 Å². The molecule has 122 valence electrons. The molecule has 0 saturated carbocycles. The molecule has 0 fully saturated rings. The van der Waals surface area contributed by atoms with Gasteiger partial charge in [0, 0.05) is 11.6 Å². The summed E-state index contributed by atoms with van der Waals surface area (Å²) >= 11 is 0. The van der Waals surface area contributed by atoms with Gasteiger partial charge in [-0.1, -0.05) is 48.5 Å². The SMILES string of the molecule is CC(CO)(NC(=O)Nc1cccc2cccnc12)c1ccccc1. The maximum atomic E-state index is 12.4. The van der Waals surface area contributed by atoms with Crippen LogP contribution in [0.2, 0.25) is 0 Å². The number of nitrogens with zero attached hydrogens (tertiary/aromatic N) is 1. The molecule has 1 aromatic heterocycles. The third kappa shape index (κ3) is 3.21. The van der Waals surface area contributed by atoms with Crippen LogP contribution in [0.4, 0.5) is 10.5 Å². The molecule has 5 heteroatoms. The summed E-state index contributed by atoms with van der Waals surface area (Å²) in [7, 11) is 0. The van der Waals surface area contributed by atoms with Crippen LogP contribution in [0.1, 0.15) is 12.5 Å². The van der Waals surface area contributed by atoms with Crippen LogP contribution in [-0.2, 0) is 5.54 Å². The molecule has 0 saturated heterocycles. The summed E-state index contributed by atoms with van der Waals surface area (Å²) in [5.74, 6) is 0. The highest BCUT2D eigenvalue weighted by atomic mass is 16.3. The highest BCUT2D eigenvalue weighted by Gasteiger charge is 2.27. The third-order valence-electron chi connectivity index (χ3n) is 4.00.